The Hall–Kier alpha value is -2.12. The van der Waals surface area contributed by atoms with E-state index in [0.29, 0.717) is 6.04 Å². The molecule has 1 N–H and O–H groups in total. The number of ether oxygens (including phenoxy) is 1. The zero-order valence-electron chi connectivity index (χ0n) is 18.0. The highest BCUT2D eigenvalue weighted by molar-refractivity contribution is 7.98. The maximum absolute atomic E-state index is 12.2. The van der Waals surface area contributed by atoms with E-state index < -0.39 is 0 Å². The number of aromatic nitrogens is 2. The molecule has 1 saturated carbocycles. The first-order valence-corrected chi connectivity index (χ1v) is 11.6. The molecule has 7 heteroatoms. The average molecular weight is 427 g/mol. The van der Waals surface area contributed by atoms with Gasteiger partial charge >= 0.3 is 0 Å². The van der Waals surface area contributed by atoms with E-state index in [0.717, 1.165) is 72.7 Å². The summed E-state index contributed by atoms with van der Waals surface area (Å²) in [7, 11) is 0. The monoisotopic (exact) mass is 426 g/mol. The molecule has 1 amide bonds. The van der Waals surface area contributed by atoms with Gasteiger partial charge in [0.2, 0.25) is 0 Å². The largest absolute Gasteiger partial charge is 0.378 e. The Labute approximate surface area is 182 Å². The molecule has 1 aromatic carbocycles. The Morgan fingerprint density at radius 3 is 2.50 bits per heavy atom. The fraction of sp³-hybridized carbons (Fsp3) is 0.522. The van der Waals surface area contributed by atoms with Gasteiger partial charge in [-0.25, -0.2) is 9.97 Å². The summed E-state index contributed by atoms with van der Waals surface area (Å²) in [4.78, 5) is 24.1. The number of benzene rings is 1. The quantitative estimate of drug-likeness (QED) is 0.560. The van der Waals surface area contributed by atoms with Gasteiger partial charge in [-0.1, -0.05) is 44.7 Å². The van der Waals surface area contributed by atoms with Gasteiger partial charge in [-0.15, -0.1) is 0 Å². The molecule has 2 fully saturated rings. The molecule has 1 saturated heterocycles. The molecule has 2 heterocycles. The predicted molar refractivity (Wildman–Crippen MR) is 120 cm³/mol. The third kappa shape index (κ3) is 5.52. The summed E-state index contributed by atoms with van der Waals surface area (Å²) in [5.74, 6) is 1.77. The van der Waals surface area contributed by atoms with Gasteiger partial charge in [0.1, 0.15) is 5.82 Å². The summed E-state index contributed by atoms with van der Waals surface area (Å²) in [5.41, 5.74) is 2.88. The number of nitrogens with one attached hydrogen (secondary N) is 1. The van der Waals surface area contributed by atoms with Crippen LogP contribution in [0.3, 0.4) is 0 Å². The van der Waals surface area contributed by atoms with Gasteiger partial charge in [-0.05, 0) is 30.5 Å². The van der Waals surface area contributed by atoms with Crippen LogP contribution < -0.4 is 10.2 Å². The van der Waals surface area contributed by atoms with Gasteiger partial charge in [0.25, 0.3) is 5.91 Å². The molecular weight excluding hydrogens is 396 g/mol. The third-order valence-corrected chi connectivity index (χ3v) is 6.21. The predicted octanol–water partition coefficient (Wildman–Crippen LogP) is 3.80. The van der Waals surface area contributed by atoms with Crippen molar-refractivity contribution in [2.24, 2.45) is 0 Å². The SMILES string of the molecule is CC(C)(C)c1cc(N2CCOCC2)nc(SCc2ccc(C(=O)NC3CC3)cc2)n1. The molecule has 4 rings (SSSR count). The highest BCUT2D eigenvalue weighted by Crippen LogP contribution is 2.29. The van der Waals surface area contributed by atoms with Crippen LogP contribution in [0.1, 0.15) is 55.2 Å². The maximum Gasteiger partial charge on any atom is 0.251 e. The lowest BCUT2D eigenvalue weighted by molar-refractivity contribution is 0.0951. The zero-order valence-corrected chi connectivity index (χ0v) is 18.8. The van der Waals surface area contributed by atoms with E-state index in [4.69, 9.17) is 14.7 Å². The van der Waals surface area contributed by atoms with E-state index in [1.807, 2.05) is 24.3 Å². The smallest absolute Gasteiger partial charge is 0.251 e. The van der Waals surface area contributed by atoms with E-state index in [2.05, 4.69) is 37.1 Å². The molecule has 2 aliphatic rings. The van der Waals surface area contributed by atoms with E-state index in [-0.39, 0.29) is 11.3 Å². The minimum absolute atomic E-state index is 0.0214. The second kappa shape index (κ2) is 8.94. The van der Waals surface area contributed by atoms with E-state index in [9.17, 15) is 4.79 Å². The van der Waals surface area contributed by atoms with Crippen molar-refractivity contribution in [3.8, 4) is 0 Å². The lowest BCUT2D eigenvalue weighted by Gasteiger charge is -2.29. The highest BCUT2D eigenvalue weighted by Gasteiger charge is 2.24. The molecule has 1 aromatic heterocycles. The number of hydrogen-bond acceptors (Lipinski definition) is 6. The molecule has 30 heavy (non-hydrogen) atoms. The molecule has 0 spiro atoms. The number of carbonyl (C=O) groups is 1. The number of amides is 1. The molecule has 0 bridgehead atoms. The fourth-order valence-electron chi connectivity index (χ4n) is 3.21. The molecule has 0 unspecified atom stereocenters. The normalized spacial score (nSPS) is 17.1. The van der Waals surface area contributed by atoms with Crippen molar-refractivity contribution in [2.45, 2.75) is 56.0 Å². The van der Waals surface area contributed by atoms with Crippen LogP contribution in [0.4, 0.5) is 5.82 Å². The van der Waals surface area contributed by atoms with Crippen LogP contribution in [-0.4, -0.2) is 48.2 Å². The summed E-state index contributed by atoms with van der Waals surface area (Å²) in [6.45, 7) is 9.72. The summed E-state index contributed by atoms with van der Waals surface area (Å²) in [5, 5.41) is 3.82. The Morgan fingerprint density at radius 1 is 1.17 bits per heavy atom. The van der Waals surface area contributed by atoms with Crippen LogP contribution in [0.2, 0.25) is 0 Å². The number of thioether (sulfide) groups is 1. The van der Waals surface area contributed by atoms with Gasteiger partial charge in [-0.2, -0.15) is 0 Å². The molecular formula is C23H30N4O2S. The summed E-state index contributed by atoms with van der Waals surface area (Å²) < 4.78 is 5.49. The van der Waals surface area contributed by atoms with Crippen LogP contribution in [0.25, 0.3) is 0 Å². The highest BCUT2D eigenvalue weighted by atomic mass is 32.2. The van der Waals surface area contributed by atoms with Crippen molar-refractivity contribution in [3.63, 3.8) is 0 Å². The van der Waals surface area contributed by atoms with Crippen molar-refractivity contribution >= 4 is 23.5 Å². The average Bonchev–Trinajstić information content (AvgIpc) is 3.56. The van der Waals surface area contributed by atoms with Crippen molar-refractivity contribution in [3.05, 3.63) is 47.2 Å². The fourth-order valence-corrected chi connectivity index (χ4v) is 4.02. The maximum atomic E-state index is 12.2. The van der Waals surface area contributed by atoms with Crippen molar-refractivity contribution in [2.75, 3.05) is 31.2 Å². The van der Waals surface area contributed by atoms with Gasteiger partial charge in [-0.3, -0.25) is 4.79 Å². The van der Waals surface area contributed by atoms with Crippen molar-refractivity contribution in [1.82, 2.24) is 15.3 Å². The molecule has 1 aliphatic carbocycles. The van der Waals surface area contributed by atoms with Gasteiger partial charge < -0.3 is 15.0 Å². The molecule has 0 radical (unpaired) electrons. The Morgan fingerprint density at radius 2 is 1.87 bits per heavy atom. The first-order chi connectivity index (χ1) is 14.4. The minimum Gasteiger partial charge on any atom is -0.378 e. The second-order valence-corrected chi connectivity index (χ2v) is 9.92. The standard InChI is InChI=1S/C23H30N4O2S/c1-23(2,3)19-14-20(27-10-12-29-13-11-27)26-22(25-19)30-15-16-4-6-17(7-5-16)21(28)24-18-8-9-18/h4-7,14,18H,8-13,15H2,1-3H3,(H,24,28). The molecule has 6 nitrogen and oxygen atoms in total. The molecule has 2 aromatic rings. The number of carbonyl (C=O) groups excluding carboxylic acids is 1. The van der Waals surface area contributed by atoms with Crippen LogP contribution in [0.15, 0.2) is 35.5 Å². The Bertz CT molecular complexity index is 885. The summed E-state index contributed by atoms with van der Waals surface area (Å²) in [6.07, 6.45) is 2.20. The van der Waals surface area contributed by atoms with Gasteiger partial charge in [0.15, 0.2) is 5.16 Å². The van der Waals surface area contributed by atoms with Gasteiger partial charge in [0.05, 0.1) is 18.9 Å². The minimum atomic E-state index is -0.0458. The Balaban J connectivity index is 1.45. The number of rotatable bonds is 6. The van der Waals surface area contributed by atoms with E-state index >= 15 is 0 Å². The number of nitrogens with zero attached hydrogens (tertiary/aromatic N) is 3. The summed E-state index contributed by atoms with van der Waals surface area (Å²) >= 11 is 1.64. The lowest BCUT2D eigenvalue weighted by Crippen LogP contribution is -2.37. The van der Waals surface area contributed by atoms with Crippen LogP contribution in [0, 0.1) is 0 Å². The second-order valence-electron chi connectivity index (χ2n) is 8.98. The molecule has 0 atom stereocenters. The zero-order chi connectivity index (χ0) is 21.1. The number of hydrogen-bond donors (Lipinski definition) is 1. The lowest BCUT2D eigenvalue weighted by atomic mass is 9.92. The first-order valence-electron chi connectivity index (χ1n) is 10.6. The van der Waals surface area contributed by atoms with E-state index in [1.165, 1.54) is 0 Å². The number of anilines is 1. The van der Waals surface area contributed by atoms with Crippen molar-refractivity contribution in [1.29, 1.82) is 0 Å². The molecule has 1 aliphatic heterocycles. The first kappa shape index (κ1) is 21.1. The topological polar surface area (TPSA) is 67.3 Å². The molecule has 160 valence electrons. The number of morpholine rings is 1. The van der Waals surface area contributed by atoms with Crippen LogP contribution in [0.5, 0.6) is 0 Å². The van der Waals surface area contributed by atoms with Gasteiger partial charge in [0, 0.05) is 41.9 Å². The van der Waals surface area contributed by atoms with E-state index in [1.54, 1.807) is 11.8 Å². The third-order valence-electron chi connectivity index (χ3n) is 5.29. The van der Waals surface area contributed by atoms with Crippen molar-refractivity contribution < 1.29 is 9.53 Å². The van der Waals surface area contributed by atoms with Crippen LogP contribution >= 0.6 is 11.8 Å². The summed E-state index contributed by atoms with van der Waals surface area (Å²) in [6, 6.07) is 10.3. The Kier molecular flexibility index (Phi) is 6.29. The van der Waals surface area contributed by atoms with Crippen LogP contribution in [-0.2, 0) is 15.9 Å².